The molecule has 0 unspecified atom stereocenters. The van der Waals surface area contributed by atoms with Crippen LogP contribution in [0.3, 0.4) is 0 Å². The summed E-state index contributed by atoms with van der Waals surface area (Å²) in [5.41, 5.74) is 5.38. The first-order valence-corrected chi connectivity index (χ1v) is 15.6. The number of nitrogens with zero attached hydrogens (tertiary/aromatic N) is 3. The number of halogens is 4. The molecule has 1 aromatic heterocycles. The molecule has 3 aromatic rings. The maximum atomic E-state index is 15.3. The van der Waals surface area contributed by atoms with Gasteiger partial charge in [-0.15, -0.1) is 0 Å². The first-order chi connectivity index (χ1) is 17.4. The number of imidazole rings is 1. The SMILES string of the molecule is C[Si](C)(C)CCOCn1cnc(Cl)c1C(=O)NCc1ccc(Cl)c(Oc2cc(C#N)c(F)cc2N)c1F. The molecule has 1 amide bonds. The van der Waals surface area contributed by atoms with Crippen LogP contribution in [0.1, 0.15) is 21.6 Å². The fraction of sp³-hybridized carbons (Fsp3) is 0.292. The molecular weight excluding hydrogens is 543 g/mol. The fourth-order valence-electron chi connectivity index (χ4n) is 3.14. The summed E-state index contributed by atoms with van der Waals surface area (Å²) in [7, 11) is -1.27. The number of hydrogen-bond acceptors (Lipinski definition) is 6. The summed E-state index contributed by atoms with van der Waals surface area (Å²) in [4.78, 5) is 16.8. The zero-order valence-electron chi connectivity index (χ0n) is 20.4. The van der Waals surface area contributed by atoms with Crippen LogP contribution in [0.25, 0.3) is 0 Å². The van der Waals surface area contributed by atoms with E-state index in [0.717, 1.165) is 18.2 Å². The Morgan fingerprint density at radius 3 is 2.68 bits per heavy atom. The zero-order chi connectivity index (χ0) is 27.3. The Kier molecular flexibility index (Phi) is 9.15. The highest BCUT2D eigenvalue weighted by Gasteiger charge is 2.21. The van der Waals surface area contributed by atoms with E-state index in [9.17, 15) is 9.18 Å². The van der Waals surface area contributed by atoms with Gasteiger partial charge in [0.1, 0.15) is 24.3 Å². The molecule has 0 aliphatic heterocycles. The fourth-order valence-corrected chi connectivity index (χ4v) is 4.32. The lowest BCUT2D eigenvalue weighted by molar-refractivity contribution is 0.0789. The molecular formula is C24H25Cl2F2N5O3Si. The van der Waals surface area contributed by atoms with E-state index >= 15 is 4.39 Å². The van der Waals surface area contributed by atoms with E-state index in [4.69, 9.17) is 43.7 Å². The smallest absolute Gasteiger partial charge is 0.271 e. The van der Waals surface area contributed by atoms with Crippen LogP contribution in [0.2, 0.25) is 35.9 Å². The van der Waals surface area contributed by atoms with E-state index in [0.29, 0.717) is 6.61 Å². The number of amides is 1. The van der Waals surface area contributed by atoms with Crippen LogP contribution in [0.4, 0.5) is 14.5 Å². The van der Waals surface area contributed by atoms with Gasteiger partial charge >= 0.3 is 0 Å². The van der Waals surface area contributed by atoms with Gasteiger partial charge < -0.3 is 25.1 Å². The van der Waals surface area contributed by atoms with E-state index in [-0.39, 0.29) is 51.7 Å². The maximum absolute atomic E-state index is 15.3. The van der Waals surface area contributed by atoms with Crippen molar-refractivity contribution < 1.29 is 23.0 Å². The number of carbonyl (C=O) groups excluding carboxylic acids is 1. The summed E-state index contributed by atoms with van der Waals surface area (Å²) in [5.74, 6) is -2.84. The minimum absolute atomic E-state index is 0.0213. The number of nitrogen functional groups attached to an aromatic ring is 1. The van der Waals surface area contributed by atoms with E-state index < -0.39 is 31.4 Å². The van der Waals surface area contributed by atoms with Crippen LogP contribution >= 0.6 is 23.2 Å². The van der Waals surface area contributed by atoms with Crippen LogP contribution in [-0.4, -0.2) is 30.1 Å². The molecule has 0 aliphatic rings. The van der Waals surface area contributed by atoms with Crippen LogP contribution in [0, 0.1) is 23.0 Å². The molecule has 3 N–H and O–H groups in total. The Bertz CT molecular complexity index is 1360. The molecule has 0 fully saturated rings. The van der Waals surface area contributed by atoms with Crippen molar-refractivity contribution in [2.24, 2.45) is 0 Å². The summed E-state index contributed by atoms with van der Waals surface area (Å²) in [6.07, 6.45) is 1.39. The highest BCUT2D eigenvalue weighted by atomic mass is 35.5. The molecule has 0 atom stereocenters. The Morgan fingerprint density at radius 1 is 1.27 bits per heavy atom. The first kappa shape index (κ1) is 28.4. The largest absolute Gasteiger partial charge is 0.450 e. The summed E-state index contributed by atoms with van der Waals surface area (Å²) in [5, 5.41) is 11.5. The Hall–Kier alpha value is -3.17. The molecule has 2 aromatic carbocycles. The normalized spacial score (nSPS) is 11.3. The lowest BCUT2D eigenvalue weighted by atomic mass is 10.1. The highest BCUT2D eigenvalue weighted by Crippen LogP contribution is 2.37. The van der Waals surface area contributed by atoms with Crippen molar-refractivity contribution >= 4 is 42.9 Å². The van der Waals surface area contributed by atoms with Crippen LogP contribution in [0.15, 0.2) is 30.6 Å². The average molecular weight is 568 g/mol. The number of nitrogens with two attached hydrogens (primary N) is 1. The number of benzene rings is 2. The monoisotopic (exact) mass is 567 g/mol. The zero-order valence-corrected chi connectivity index (χ0v) is 22.9. The first-order valence-electron chi connectivity index (χ1n) is 11.1. The topological polar surface area (TPSA) is 115 Å². The van der Waals surface area contributed by atoms with Gasteiger partial charge in [0.05, 0.1) is 22.6 Å². The summed E-state index contributed by atoms with van der Waals surface area (Å²) < 4.78 is 41.7. The number of hydrogen-bond donors (Lipinski definition) is 2. The van der Waals surface area contributed by atoms with Crippen molar-refractivity contribution in [3.8, 4) is 17.6 Å². The predicted molar refractivity (Wildman–Crippen MR) is 140 cm³/mol. The number of carbonyl (C=O) groups is 1. The standard InChI is InChI=1S/C24H25Cl2F2N5O3Si/c1-37(2,3)7-6-35-13-33-12-32-23(26)21(33)24(34)31-11-14-4-5-16(25)22(20(14)28)36-19-8-15(10-29)17(27)9-18(19)30/h4-5,8-9,12H,6-7,11,13,30H2,1-3H3,(H,31,34). The lowest BCUT2D eigenvalue weighted by Crippen LogP contribution is -2.27. The molecule has 0 spiro atoms. The molecule has 0 bridgehead atoms. The van der Waals surface area contributed by atoms with Gasteiger partial charge in [0, 0.05) is 38.9 Å². The van der Waals surface area contributed by atoms with Gasteiger partial charge in [-0.05, 0) is 12.1 Å². The van der Waals surface area contributed by atoms with Crippen molar-refractivity contribution in [3.05, 3.63) is 69.2 Å². The molecule has 0 saturated heterocycles. The predicted octanol–water partition coefficient (Wildman–Crippen LogP) is 5.96. The minimum Gasteiger partial charge on any atom is -0.450 e. The summed E-state index contributed by atoms with van der Waals surface area (Å²) >= 11 is 12.2. The van der Waals surface area contributed by atoms with Gasteiger partial charge in [0.15, 0.2) is 22.5 Å². The third-order valence-electron chi connectivity index (χ3n) is 5.24. The van der Waals surface area contributed by atoms with Gasteiger partial charge in [-0.25, -0.2) is 13.8 Å². The number of ether oxygens (including phenoxy) is 2. The molecule has 0 saturated carbocycles. The number of anilines is 1. The van der Waals surface area contributed by atoms with Gasteiger partial charge in [0.2, 0.25) is 0 Å². The van der Waals surface area contributed by atoms with Crippen LogP contribution in [-0.2, 0) is 18.0 Å². The second-order valence-electron chi connectivity index (χ2n) is 9.32. The van der Waals surface area contributed by atoms with Crippen LogP contribution in [0.5, 0.6) is 11.5 Å². The Morgan fingerprint density at radius 2 is 2.00 bits per heavy atom. The minimum atomic E-state index is -1.27. The van der Waals surface area contributed by atoms with Gasteiger partial charge in [-0.1, -0.05) is 48.9 Å². The van der Waals surface area contributed by atoms with Crippen molar-refractivity contribution in [2.45, 2.75) is 39.0 Å². The van der Waals surface area contributed by atoms with E-state index in [1.807, 2.05) is 0 Å². The number of nitrogens with one attached hydrogen (secondary N) is 1. The Labute approximate surface area is 223 Å². The molecule has 1 heterocycles. The highest BCUT2D eigenvalue weighted by molar-refractivity contribution is 6.76. The van der Waals surface area contributed by atoms with E-state index in [1.165, 1.54) is 23.0 Å². The molecule has 13 heteroatoms. The molecule has 8 nitrogen and oxygen atoms in total. The molecule has 0 aliphatic carbocycles. The van der Waals surface area contributed by atoms with Crippen molar-refractivity contribution in [2.75, 3.05) is 12.3 Å². The molecule has 196 valence electrons. The van der Waals surface area contributed by atoms with Gasteiger partial charge in [-0.3, -0.25) is 4.79 Å². The summed E-state index contributed by atoms with van der Waals surface area (Å²) in [6.45, 7) is 7.08. The van der Waals surface area contributed by atoms with Gasteiger partial charge in [0.25, 0.3) is 5.91 Å². The molecule has 37 heavy (non-hydrogen) atoms. The molecule has 3 rings (SSSR count). The van der Waals surface area contributed by atoms with Crippen molar-refractivity contribution in [3.63, 3.8) is 0 Å². The average Bonchev–Trinajstić information content (AvgIpc) is 3.19. The van der Waals surface area contributed by atoms with Crippen molar-refractivity contribution in [1.82, 2.24) is 14.9 Å². The van der Waals surface area contributed by atoms with Gasteiger partial charge in [-0.2, -0.15) is 5.26 Å². The van der Waals surface area contributed by atoms with E-state index in [2.05, 4.69) is 29.9 Å². The quantitative estimate of drug-likeness (QED) is 0.177. The number of aromatic nitrogens is 2. The van der Waals surface area contributed by atoms with Crippen molar-refractivity contribution in [1.29, 1.82) is 5.26 Å². The second kappa shape index (κ2) is 11.9. The van der Waals surface area contributed by atoms with Crippen LogP contribution < -0.4 is 15.8 Å². The summed E-state index contributed by atoms with van der Waals surface area (Å²) in [6, 6.07) is 7.30. The maximum Gasteiger partial charge on any atom is 0.271 e. The number of nitriles is 1. The molecule has 0 radical (unpaired) electrons. The third-order valence-corrected chi connectivity index (χ3v) is 7.51. The second-order valence-corrected chi connectivity index (χ2v) is 15.7. The lowest BCUT2D eigenvalue weighted by Gasteiger charge is -2.16. The number of rotatable bonds is 10. The third kappa shape index (κ3) is 7.20. The van der Waals surface area contributed by atoms with E-state index in [1.54, 1.807) is 6.07 Å². The Balaban J connectivity index is 1.73.